The molecule has 0 unspecified atom stereocenters. The monoisotopic (exact) mass is 490 g/mol. The average molecular weight is 491 g/mol. The second-order valence-corrected chi connectivity index (χ2v) is 8.31. The van der Waals surface area contributed by atoms with E-state index < -0.39 is 23.7 Å². The Morgan fingerprint density at radius 1 is 0.971 bits per heavy atom. The van der Waals surface area contributed by atoms with Crippen molar-refractivity contribution in [2.75, 3.05) is 51.3 Å². The van der Waals surface area contributed by atoms with Gasteiger partial charge in [-0.25, -0.2) is 9.18 Å². The molecule has 11 heteroatoms. The minimum Gasteiger partial charge on any atom is -0.486 e. The predicted molar refractivity (Wildman–Crippen MR) is 123 cm³/mol. The lowest BCUT2D eigenvalue weighted by Crippen LogP contribution is -2.49. The molecule has 2 aromatic rings. The number of piperazine rings is 1. The number of imide groups is 1. The van der Waals surface area contributed by atoms with Crippen molar-refractivity contribution in [3.05, 3.63) is 52.8 Å². The van der Waals surface area contributed by atoms with E-state index in [1.54, 1.807) is 23.1 Å². The number of hydrogen-bond donors (Lipinski definition) is 2. The topological polar surface area (TPSA) is 100 Å². The van der Waals surface area contributed by atoms with Gasteiger partial charge in [-0.2, -0.15) is 0 Å². The van der Waals surface area contributed by atoms with Crippen molar-refractivity contribution in [1.82, 2.24) is 15.1 Å². The third kappa shape index (κ3) is 5.95. The summed E-state index contributed by atoms with van der Waals surface area (Å²) in [5, 5.41) is 5.20. The molecule has 180 valence electrons. The molecule has 4 amide bonds. The first kappa shape index (κ1) is 23.8. The Labute approximate surface area is 200 Å². The van der Waals surface area contributed by atoms with Crippen LogP contribution in [-0.4, -0.2) is 73.6 Å². The summed E-state index contributed by atoms with van der Waals surface area (Å²) in [6, 6.07) is 8.24. The van der Waals surface area contributed by atoms with Crippen molar-refractivity contribution in [3.63, 3.8) is 0 Å². The Morgan fingerprint density at radius 2 is 1.71 bits per heavy atom. The van der Waals surface area contributed by atoms with Crippen LogP contribution in [-0.2, 0) is 4.79 Å². The normalized spacial score (nSPS) is 15.5. The molecule has 2 aromatic carbocycles. The van der Waals surface area contributed by atoms with Crippen molar-refractivity contribution in [2.24, 2.45) is 0 Å². The van der Waals surface area contributed by atoms with Crippen LogP contribution >= 0.6 is 11.6 Å². The molecule has 0 aromatic heterocycles. The second kappa shape index (κ2) is 10.7. The van der Waals surface area contributed by atoms with Gasteiger partial charge in [0.25, 0.3) is 5.91 Å². The van der Waals surface area contributed by atoms with E-state index in [4.69, 9.17) is 21.1 Å². The zero-order valence-electron chi connectivity index (χ0n) is 18.3. The average Bonchev–Trinajstić information content (AvgIpc) is 2.84. The van der Waals surface area contributed by atoms with E-state index in [1.807, 2.05) is 4.90 Å². The van der Waals surface area contributed by atoms with E-state index in [0.29, 0.717) is 68.1 Å². The highest BCUT2D eigenvalue weighted by atomic mass is 35.5. The molecule has 4 rings (SSSR count). The van der Waals surface area contributed by atoms with Crippen molar-refractivity contribution >= 4 is 35.1 Å². The number of anilines is 1. The summed E-state index contributed by atoms with van der Waals surface area (Å²) < 4.78 is 24.9. The lowest BCUT2D eigenvalue weighted by molar-refractivity contribution is -0.120. The minimum absolute atomic E-state index is 0.0515. The van der Waals surface area contributed by atoms with Gasteiger partial charge in [-0.1, -0.05) is 11.6 Å². The number of nitrogens with one attached hydrogen (secondary N) is 2. The van der Waals surface area contributed by atoms with Crippen molar-refractivity contribution in [1.29, 1.82) is 0 Å². The molecule has 2 heterocycles. The molecule has 9 nitrogen and oxygen atoms in total. The first-order valence-corrected chi connectivity index (χ1v) is 11.2. The maximum absolute atomic E-state index is 14.0. The van der Waals surface area contributed by atoms with Gasteiger partial charge in [-0.15, -0.1) is 0 Å². The molecule has 0 spiro atoms. The number of urea groups is 1. The number of halogens is 2. The molecule has 34 heavy (non-hydrogen) atoms. The highest BCUT2D eigenvalue weighted by Crippen LogP contribution is 2.32. The van der Waals surface area contributed by atoms with Gasteiger partial charge in [0.2, 0.25) is 5.91 Å². The van der Waals surface area contributed by atoms with E-state index >= 15 is 0 Å². The van der Waals surface area contributed by atoms with Crippen LogP contribution in [0.2, 0.25) is 5.02 Å². The number of ether oxygens (including phenoxy) is 2. The Morgan fingerprint density at radius 3 is 2.47 bits per heavy atom. The van der Waals surface area contributed by atoms with Crippen LogP contribution < -0.4 is 20.1 Å². The summed E-state index contributed by atoms with van der Waals surface area (Å²) in [7, 11) is 0. The Hall–Kier alpha value is -3.37. The second-order valence-electron chi connectivity index (χ2n) is 7.87. The first-order valence-electron chi connectivity index (χ1n) is 10.9. The SMILES string of the molecule is O=C(CCN1CCN(C(=O)c2cc(Cl)ccc2F)CC1)NC(=O)Nc1ccc2c(c1)OCCO2. The van der Waals surface area contributed by atoms with Gasteiger partial charge < -0.3 is 19.7 Å². The highest BCUT2D eigenvalue weighted by Gasteiger charge is 2.24. The fraction of sp³-hybridized carbons (Fsp3) is 0.348. The van der Waals surface area contributed by atoms with E-state index in [0.717, 1.165) is 0 Å². The highest BCUT2D eigenvalue weighted by molar-refractivity contribution is 6.31. The fourth-order valence-electron chi connectivity index (χ4n) is 3.74. The van der Waals surface area contributed by atoms with Crippen LogP contribution in [0.5, 0.6) is 11.5 Å². The number of carbonyl (C=O) groups is 3. The van der Waals surface area contributed by atoms with Gasteiger partial charge in [-0.05, 0) is 30.3 Å². The van der Waals surface area contributed by atoms with Crippen LogP contribution in [0, 0.1) is 5.82 Å². The van der Waals surface area contributed by atoms with E-state index in [-0.39, 0.29) is 12.0 Å². The Bertz CT molecular complexity index is 1090. The van der Waals surface area contributed by atoms with Crippen LogP contribution in [0.15, 0.2) is 36.4 Å². The maximum Gasteiger partial charge on any atom is 0.325 e. The molecular weight excluding hydrogens is 467 g/mol. The quantitative estimate of drug-likeness (QED) is 0.668. The molecule has 0 bridgehead atoms. The van der Waals surface area contributed by atoms with Gasteiger partial charge in [0.05, 0.1) is 5.56 Å². The van der Waals surface area contributed by atoms with Gasteiger partial charge in [0.1, 0.15) is 19.0 Å². The molecule has 0 saturated carbocycles. The number of nitrogens with zero attached hydrogens (tertiary/aromatic N) is 2. The number of hydrogen-bond acceptors (Lipinski definition) is 6. The summed E-state index contributed by atoms with van der Waals surface area (Å²) >= 11 is 5.88. The molecule has 2 aliphatic heterocycles. The zero-order valence-corrected chi connectivity index (χ0v) is 19.1. The number of carbonyl (C=O) groups excluding carboxylic acids is 3. The molecule has 0 atom stereocenters. The van der Waals surface area contributed by atoms with E-state index in [1.165, 1.54) is 18.2 Å². The fourth-order valence-corrected chi connectivity index (χ4v) is 3.91. The summed E-state index contributed by atoms with van der Waals surface area (Å²) in [5.74, 6) is -0.301. The Kier molecular flexibility index (Phi) is 7.49. The standard InChI is InChI=1S/C23H24ClFN4O5/c24-15-1-3-18(25)17(13-15)22(31)29-9-7-28(8-10-29)6-5-21(30)27-23(32)26-16-2-4-19-20(14-16)34-12-11-33-19/h1-4,13-14H,5-12H2,(H2,26,27,30,32). The Balaban J connectivity index is 1.19. The first-order chi connectivity index (χ1) is 16.4. The van der Waals surface area contributed by atoms with E-state index in [2.05, 4.69) is 10.6 Å². The summed E-state index contributed by atoms with van der Waals surface area (Å²) in [6.07, 6.45) is 0.116. The van der Waals surface area contributed by atoms with Crippen LogP contribution in [0.4, 0.5) is 14.9 Å². The summed E-state index contributed by atoms with van der Waals surface area (Å²) in [4.78, 5) is 40.5. The summed E-state index contributed by atoms with van der Waals surface area (Å²) in [6.45, 7) is 3.20. The van der Waals surface area contributed by atoms with Crippen molar-refractivity contribution in [2.45, 2.75) is 6.42 Å². The lowest BCUT2D eigenvalue weighted by Gasteiger charge is -2.34. The maximum atomic E-state index is 14.0. The lowest BCUT2D eigenvalue weighted by atomic mass is 10.1. The van der Waals surface area contributed by atoms with Crippen LogP contribution in [0.1, 0.15) is 16.8 Å². The molecule has 0 aliphatic carbocycles. The van der Waals surface area contributed by atoms with Gasteiger partial charge in [0.15, 0.2) is 11.5 Å². The largest absolute Gasteiger partial charge is 0.486 e. The van der Waals surface area contributed by atoms with Gasteiger partial charge in [0, 0.05) is 55.9 Å². The number of benzene rings is 2. The molecule has 2 N–H and O–H groups in total. The third-order valence-corrected chi connectivity index (χ3v) is 5.76. The van der Waals surface area contributed by atoms with Gasteiger partial charge in [-0.3, -0.25) is 19.8 Å². The third-order valence-electron chi connectivity index (χ3n) is 5.53. The van der Waals surface area contributed by atoms with Crippen LogP contribution in [0.25, 0.3) is 0 Å². The molecular formula is C23H24ClFN4O5. The smallest absolute Gasteiger partial charge is 0.325 e. The van der Waals surface area contributed by atoms with Crippen LogP contribution in [0.3, 0.4) is 0 Å². The van der Waals surface area contributed by atoms with Crippen molar-refractivity contribution in [3.8, 4) is 11.5 Å². The zero-order chi connectivity index (χ0) is 24.1. The molecule has 0 radical (unpaired) electrons. The molecule has 1 fully saturated rings. The number of amides is 4. The van der Waals surface area contributed by atoms with E-state index in [9.17, 15) is 18.8 Å². The number of fused-ring (bicyclic) bond motifs is 1. The predicted octanol–water partition coefficient (Wildman–Crippen LogP) is 2.75. The minimum atomic E-state index is -0.638. The van der Waals surface area contributed by atoms with Crippen molar-refractivity contribution < 1.29 is 28.2 Å². The molecule has 1 saturated heterocycles. The molecule has 2 aliphatic rings. The summed E-state index contributed by atoms with van der Waals surface area (Å²) in [5.41, 5.74) is 0.427. The number of rotatable bonds is 5. The van der Waals surface area contributed by atoms with Gasteiger partial charge >= 0.3 is 6.03 Å².